The topological polar surface area (TPSA) is 12.9 Å². The van der Waals surface area contributed by atoms with Crippen LogP contribution >= 0.6 is 0 Å². The van der Waals surface area contributed by atoms with Crippen molar-refractivity contribution < 1.29 is 4.39 Å². The van der Waals surface area contributed by atoms with Crippen LogP contribution < -0.4 is 0 Å². The number of aryl methyl sites for hydroxylation is 1. The largest absolute Gasteiger partial charge is 0.253 e. The Labute approximate surface area is 82.2 Å². The lowest BCUT2D eigenvalue weighted by Crippen LogP contribution is -1.88. The second kappa shape index (κ2) is 3.58. The minimum absolute atomic E-state index is 0.260. The molecule has 70 valence electrons. The molecule has 0 radical (unpaired) electrons. The molecule has 1 aromatic heterocycles. The van der Waals surface area contributed by atoms with Crippen molar-refractivity contribution in [3.8, 4) is 11.3 Å². The van der Waals surface area contributed by atoms with Crippen molar-refractivity contribution in [2.45, 2.75) is 6.92 Å². The second-order valence-corrected chi connectivity index (χ2v) is 3.18. The maximum Gasteiger partial charge on any atom is 0.144 e. The van der Waals surface area contributed by atoms with Crippen molar-refractivity contribution in [2.75, 3.05) is 0 Å². The van der Waals surface area contributed by atoms with Gasteiger partial charge in [-0.15, -0.1) is 0 Å². The smallest absolute Gasteiger partial charge is 0.144 e. The van der Waals surface area contributed by atoms with E-state index in [9.17, 15) is 4.39 Å². The summed E-state index contributed by atoms with van der Waals surface area (Å²) in [5.41, 5.74) is 2.44. The summed E-state index contributed by atoms with van der Waals surface area (Å²) >= 11 is 0. The Kier molecular flexibility index (Phi) is 2.27. The molecular formula is C12H10FN. The molecule has 0 aliphatic heterocycles. The SMILES string of the molecule is Cc1cc(-c2ccccc2)ncc1F. The minimum Gasteiger partial charge on any atom is -0.253 e. The zero-order chi connectivity index (χ0) is 9.97. The van der Waals surface area contributed by atoms with Gasteiger partial charge in [-0.05, 0) is 18.6 Å². The number of nitrogens with zero attached hydrogens (tertiary/aromatic N) is 1. The summed E-state index contributed by atoms with van der Waals surface area (Å²) in [6.45, 7) is 1.74. The quantitative estimate of drug-likeness (QED) is 0.668. The lowest BCUT2D eigenvalue weighted by molar-refractivity contribution is 0.612. The second-order valence-electron chi connectivity index (χ2n) is 3.18. The highest BCUT2D eigenvalue weighted by atomic mass is 19.1. The van der Waals surface area contributed by atoms with E-state index in [1.807, 2.05) is 30.3 Å². The van der Waals surface area contributed by atoms with Crippen molar-refractivity contribution in [3.05, 3.63) is 54.0 Å². The molecule has 0 amide bonds. The number of halogens is 1. The molecule has 2 rings (SSSR count). The highest BCUT2D eigenvalue weighted by Gasteiger charge is 2.01. The van der Waals surface area contributed by atoms with Gasteiger partial charge >= 0.3 is 0 Å². The molecule has 0 saturated heterocycles. The van der Waals surface area contributed by atoms with E-state index >= 15 is 0 Å². The fourth-order valence-electron chi connectivity index (χ4n) is 1.31. The monoisotopic (exact) mass is 187 g/mol. The molecule has 0 aliphatic carbocycles. The Bertz CT molecular complexity index is 437. The molecule has 0 saturated carbocycles. The van der Waals surface area contributed by atoms with E-state index in [0.717, 1.165) is 11.3 Å². The molecule has 1 nitrogen and oxygen atoms in total. The minimum atomic E-state index is -0.260. The summed E-state index contributed by atoms with van der Waals surface area (Å²) in [5.74, 6) is -0.260. The molecule has 0 unspecified atom stereocenters. The molecule has 0 N–H and O–H groups in total. The van der Waals surface area contributed by atoms with Gasteiger partial charge in [0.05, 0.1) is 11.9 Å². The standard InChI is InChI=1S/C12H10FN/c1-9-7-12(14-8-11(9)13)10-5-3-2-4-6-10/h2-8H,1H3. The van der Waals surface area contributed by atoms with Gasteiger partial charge in [-0.2, -0.15) is 0 Å². The maximum absolute atomic E-state index is 13.0. The molecule has 0 bridgehead atoms. The molecule has 0 spiro atoms. The first kappa shape index (κ1) is 8.88. The predicted octanol–water partition coefficient (Wildman–Crippen LogP) is 3.20. The van der Waals surface area contributed by atoms with Crippen LogP contribution in [-0.2, 0) is 0 Å². The number of hydrogen-bond donors (Lipinski definition) is 0. The first-order valence-electron chi connectivity index (χ1n) is 4.45. The van der Waals surface area contributed by atoms with E-state index in [4.69, 9.17) is 0 Å². The molecule has 0 fully saturated rings. The molecule has 0 atom stereocenters. The van der Waals surface area contributed by atoms with Crippen LogP contribution in [0.25, 0.3) is 11.3 Å². The third-order valence-corrected chi connectivity index (χ3v) is 2.12. The molecule has 14 heavy (non-hydrogen) atoms. The molecule has 2 aromatic rings. The van der Waals surface area contributed by atoms with Crippen LogP contribution in [0.15, 0.2) is 42.6 Å². The normalized spacial score (nSPS) is 10.1. The summed E-state index contributed by atoms with van der Waals surface area (Å²) < 4.78 is 13.0. The lowest BCUT2D eigenvalue weighted by atomic mass is 10.1. The molecule has 0 aliphatic rings. The van der Waals surface area contributed by atoms with Gasteiger partial charge in [-0.3, -0.25) is 4.98 Å². The van der Waals surface area contributed by atoms with Crippen molar-refractivity contribution in [2.24, 2.45) is 0 Å². The molecule has 1 aromatic carbocycles. The van der Waals surface area contributed by atoms with Gasteiger partial charge in [0.2, 0.25) is 0 Å². The third-order valence-electron chi connectivity index (χ3n) is 2.12. The Morgan fingerprint density at radius 3 is 2.50 bits per heavy atom. The van der Waals surface area contributed by atoms with E-state index in [0.29, 0.717) is 5.56 Å². The van der Waals surface area contributed by atoms with Crippen molar-refractivity contribution in [1.82, 2.24) is 4.98 Å². The fourth-order valence-corrected chi connectivity index (χ4v) is 1.31. The summed E-state index contributed by atoms with van der Waals surface area (Å²) in [5, 5.41) is 0. The van der Waals surface area contributed by atoms with Gasteiger partial charge in [0, 0.05) is 5.56 Å². The lowest BCUT2D eigenvalue weighted by Gasteiger charge is -2.01. The van der Waals surface area contributed by atoms with Gasteiger partial charge in [0.1, 0.15) is 5.82 Å². The van der Waals surface area contributed by atoms with Crippen molar-refractivity contribution >= 4 is 0 Å². The van der Waals surface area contributed by atoms with Crippen LogP contribution in [0.2, 0.25) is 0 Å². The first-order valence-corrected chi connectivity index (χ1v) is 4.45. The van der Waals surface area contributed by atoms with Gasteiger partial charge in [-0.1, -0.05) is 30.3 Å². The highest BCUT2D eigenvalue weighted by Crippen LogP contribution is 2.18. The summed E-state index contributed by atoms with van der Waals surface area (Å²) in [6, 6.07) is 11.5. The van der Waals surface area contributed by atoms with Crippen molar-refractivity contribution in [3.63, 3.8) is 0 Å². The van der Waals surface area contributed by atoms with Crippen LogP contribution in [0.4, 0.5) is 4.39 Å². The fraction of sp³-hybridized carbons (Fsp3) is 0.0833. The predicted molar refractivity (Wildman–Crippen MR) is 54.4 cm³/mol. The van der Waals surface area contributed by atoms with Crippen LogP contribution in [-0.4, -0.2) is 4.98 Å². The number of aromatic nitrogens is 1. The molecule has 1 heterocycles. The summed E-state index contributed by atoms with van der Waals surface area (Å²) in [7, 11) is 0. The van der Waals surface area contributed by atoms with Crippen LogP contribution in [0.1, 0.15) is 5.56 Å². The maximum atomic E-state index is 13.0. The van der Waals surface area contributed by atoms with E-state index in [2.05, 4.69) is 4.98 Å². The Hall–Kier alpha value is -1.70. The van der Waals surface area contributed by atoms with Crippen LogP contribution in [0.5, 0.6) is 0 Å². The highest BCUT2D eigenvalue weighted by molar-refractivity contribution is 5.59. The van der Waals surface area contributed by atoms with Crippen LogP contribution in [0, 0.1) is 12.7 Å². The number of rotatable bonds is 1. The number of benzene rings is 1. The van der Waals surface area contributed by atoms with Gasteiger partial charge in [0.15, 0.2) is 0 Å². The Morgan fingerprint density at radius 2 is 1.86 bits per heavy atom. The van der Waals surface area contributed by atoms with E-state index in [-0.39, 0.29) is 5.82 Å². The average Bonchev–Trinajstić information content (AvgIpc) is 2.23. The summed E-state index contributed by atoms with van der Waals surface area (Å²) in [6.07, 6.45) is 1.26. The number of hydrogen-bond acceptors (Lipinski definition) is 1. The Morgan fingerprint density at radius 1 is 1.14 bits per heavy atom. The third kappa shape index (κ3) is 1.64. The van der Waals surface area contributed by atoms with Crippen molar-refractivity contribution in [1.29, 1.82) is 0 Å². The van der Waals surface area contributed by atoms with Gasteiger partial charge < -0.3 is 0 Å². The molecular weight excluding hydrogens is 177 g/mol. The zero-order valence-corrected chi connectivity index (χ0v) is 7.87. The van der Waals surface area contributed by atoms with Gasteiger partial charge in [-0.25, -0.2) is 4.39 Å². The van der Waals surface area contributed by atoms with Crippen LogP contribution in [0.3, 0.4) is 0 Å². The van der Waals surface area contributed by atoms with E-state index in [1.165, 1.54) is 6.20 Å². The number of pyridine rings is 1. The van der Waals surface area contributed by atoms with Gasteiger partial charge in [0.25, 0.3) is 0 Å². The Balaban J connectivity index is 2.48. The zero-order valence-electron chi connectivity index (χ0n) is 7.87. The average molecular weight is 187 g/mol. The summed E-state index contributed by atoms with van der Waals surface area (Å²) in [4.78, 5) is 4.03. The van der Waals surface area contributed by atoms with E-state index in [1.54, 1.807) is 13.0 Å². The molecule has 2 heteroatoms. The van der Waals surface area contributed by atoms with E-state index < -0.39 is 0 Å². The first-order chi connectivity index (χ1) is 6.77.